The van der Waals surface area contributed by atoms with E-state index in [-0.39, 0.29) is 0 Å². The topological polar surface area (TPSA) is 69.7 Å². The standard InChI is InChI=1S/C8H10O5/c1-12-7(10)5-4(3-9)6(5)8(11)13-2/h3-6H,1-2H3/t5-,6-/m1/s1. The molecular formula is C8H10O5. The highest BCUT2D eigenvalue weighted by Crippen LogP contribution is 2.46. The van der Waals surface area contributed by atoms with Gasteiger partial charge in [-0.25, -0.2) is 0 Å². The molecule has 0 aromatic heterocycles. The molecule has 0 aromatic rings. The average Bonchev–Trinajstić information content (AvgIpc) is 2.89. The van der Waals surface area contributed by atoms with Crippen molar-refractivity contribution in [2.45, 2.75) is 0 Å². The van der Waals surface area contributed by atoms with Crippen LogP contribution < -0.4 is 0 Å². The monoisotopic (exact) mass is 186 g/mol. The Labute approximate surface area is 75.0 Å². The van der Waals surface area contributed by atoms with E-state index in [2.05, 4.69) is 9.47 Å². The van der Waals surface area contributed by atoms with Gasteiger partial charge in [0.1, 0.15) is 6.29 Å². The van der Waals surface area contributed by atoms with Crippen LogP contribution in [-0.2, 0) is 23.9 Å². The summed E-state index contributed by atoms with van der Waals surface area (Å²) in [5.74, 6) is -2.93. The third-order valence-corrected chi connectivity index (χ3v) is 2.18. The van der Waals surface area contributed by atoms with E-state index in [1.807, 2.05) is 0 Å². The van der Waals surface area contributed by atoms with Crippen molar-refractivity contribution in [1.29, 1.82) is 0 Å². The molecule has 0 bridgehead atoms. The van der Waals surface area contributed by atoms with Gasteiger partial charge in [0.2, 0.25) is 0 Å². The first-order valence-electron chi connectivity index (χ1n) is 3.78. The third-order valence-electron chi connectivity index (χ3n) is 2.18. The predicted molar refractivity (Wildman–Crippen MR) is 40.6 cm³/mol. The lowest BCUT2D eigenvalue weighted by molar-refractivity contribution is -0.148. The number of methoxy groups -OCH3 is 2. The number of carbonyl (C=O) groups excluding carboxylic acids is 3. The van der Waals surface area contributed by atoms with Gasteiger partial charge >= 0.3 is 11.9 Å². The maximum absolute atomic E-state index is 11.0. The van der Waals surface area contributed by atoms with E-state index in [1.54, 1.807) is 0 Å². The fourth-order valence-corrected chi connectivity index (χ4v) is 1.38. The van der Waals surface area contributed by atoms with Gasteiger partial charge in [0.25, 0.3) is 0 Å². The van der Waals surface area contributed by atoms with E-state index in [4.69, 9.17) is 0 Å². The van der Waals surface area contributed by atoms with Crippen LogP contribution in [0.4, 0.5) is 0 Å². The minimum atomic E-state index is -0.644. The zero-order valence-corrected chi connectivity index (χ0v) is 7.35. The SMILES string of the molecule is COC(=O)[C@@H]1C(C=O)[C@H]1C(=O)OC. The molecule has 5 nitrogen and oxygen atoms in total. The molecular weight excluding hydrogens is 176 g/mol. The van der Waals surface area contributed by atoms with Gasteiger partial charge in [-0.05, 0) is 0 Å². The molecule has 1 rings (SSSR count). The molecule has 1 saturated carbocycles. The lowest BCUT2D eigenvalue weighted by Gasteiger charge is -1.95. The quantitative estimate of drug-likeness (QED) is 0.434. The normalized spacial score (nSPS) is 30.5. The second-order valence-electron chi connectivity index (χ2n) is 2.81. The van der Waals surface area contributed by atoms with Crippen LogP contribution in [0.3, 0.4) is 0 Å². The van der Waals surface area contributed by atoms with Crippen LogP contribution in [0.5, 0.6) is 0 Å². The number of hydrogen-bond donors (Lipinski definition) is 0. The Kier molecular flexibility index (Phi) is 2.65. The molecule has 0 aliphatic heterocycles. The van der Waals surface area contributed by atoms with Gasteiger partial charge in [-0.1, -0.05) is 0 Å². The van der Waals surface area contributed by atoms with Crippen LogP contribution in [0.2, 0.25) is 0 Å². The first-order valence-corrected chi connectivity index (χ1v) is 3.78. The Morgan fingerprint density at radius 3 is 1.69 bits per heavy atom. The highest BCUT2D eigenvalue weighted by Gasteiger charge is 2.60. The molecule has 2 atom stereocenters. The number of aldehydes is 1. The first kappa shape index (κ1) is 9.70. The van der Waals surface area contributed by atoms with Gasteiger partial charge in [-0.15, -0.1) is 0 Å². The smallest absolute Gasteiger partial charge is 0.310 e. The molecule has 0 radical (unpaired) electrons. The maximum Gasteiger partial charge on any atom is 0.310 e. The summed E-state index contributed by atoms with van der Waals surface area (Å²) in [6.45, 7) is 0. The third kappa shape index (κ3) is 1.54. The first-order chi connectivity index (χ1) is 6.17. The van der Waals surface area contributed by atoms with Gasteiger partial charge < -0.3 is 14.3 Å². The van der Waals surface area contributed by atoms with Crippen molar-refractivity contribution in [3.8, 4) is 0 Å². The Morgan fingerprint density at radius 1 is 1.08 bits per heavy atom. The summed E-state index contributed by atoms with van der Waals surface area (Å²) in [5.41, 5.74) is 0. The summed E-state index contributed by atoms with van der Waals surface area (Å²) in [6.07, 6.45) is 0.586. The van der Waals surface area contributed by atoms with Crippen molar-refractivity contribution in [3.63, 3.8) is 0 Å². The van der Waals surface area contributed by atoms with Crippen molar-refractivity contribution in [3.05, 3.63) is 0 Å². The molecule has 1 fully saturated rings. The van der Waals surface area contributed by atoms with E-state index in [1.165, 1.54) is 14.2 Å². The van der Waals surface area contributed by atoms with E-state index in [0.717, 1.165) is 0 Å². The summed E-state index contributed by atoms with van der Waals surface area (Å²) in [4.78, 5) is 32.4. The molecule has 0 unspecified atom stereocenters. The predicted octanol–water partition coefficient (Wildman–Crippen LogP) is -0.607. The Hall–Kier alpha value is -1.39. The van der Waals surface area contributed by atoms with Crippen LogP contribution in [-0.4, -0.2) is 32.4 Å². The van der Waals surface area contributed by atoms with Gasteiger partial charge in [-0.3, -0.25) is 9.59 Å². The van der Waals surface area contributed by atoms with Gasteiger partial charge in [0.05, 0.1) is 26.1 Å². The highest BCUT2D eigenvalue weighted by atomic mass is 16.5. The van der Waals surface area contributed by atoms with Gasteiger partial charge in [-0.2, -0.15) is 0 Å². The van der Waals surface area contributed by atoms with Crippen molar-refractivity contribution in [1.82, 2.24) is 0 Å². The second kappa shape index (κ2) is 3.55. The molecule has 0 saturated heterocycles. The van der Waals surface area contributed by atoms with Crippen LogP contribution >= 0.6 is 0 Å². The van der Waals surface area contributed by atoms with Crippen LogP contribution in [0.15, 0.2) is 0 Å². The minimum Gasteiger partial charge on any atom is -0.469 e. The largest absolute Gasteiger partial charge is 0.469 e. The number of carbonyl (C=O) groups is 3. The molecule has 0 amide bonds. The number of rotatable bonds is 3. The van der Waals surface area contributed by atoms with Crippen LogP contribution in [0, 0.1) is 17.8 Å². The Morgan fingerprint density at radius 2 is 1.46 bits per heavy atom. The summed E-state index contributed by atoms with van der Waals surface area (Å²) in [6, 6.07) is 0. The molecule has 0 heterocycles. The number of hydrogen-bond acceptors (Lipinski definition) is 5. The van der Waals surface area contributed by atoms with Gasteiger partial charge in [0, 0.05) is 5.92 Å². The van der Waals surface area contributed by atoms with E-state index < -0.39 is 29.7 Å². The van der Waals surface area contributed by atoms with E-state index >= 15 is 0 Å². The fourth-order valence-electron chi connectivity index (χ4n) is 1.38. The molecule has 0 aromatic carbocycles. The molecule has 0 spiro atoms. The van der Waals surface area contributed by atoms with Crippen LogP contribution in [0.25, 0.3) is 0 Å². The Bertz CT molecular complexity index is 225. The summed E-state index contributed by atoms with van der Waals surface area (Å²) in [5, 5.41) is 0. The number of ether oxygens (including phenoxy) is 2. The molecule has 1 aliphatic carbocycles. The molecule has 0 N–H and O–H groups in total. The zero-order valence-electron chi connectivity index (χ0n) is 7.35. The average molecular weight is 186 g/mol. The fraction of sp³-hybridized carbons (Fsp3) is 0.625. The van der Waals surface area contributed by atoms with Gasteiger partial charge in [0.15, 0.2) is 0 Å². The van der Waals surface area contributed by atoms with Crippen molar-refractivity contribution >= 4 is 18.2 Å². The van der Waals surface area contributed by atoms with Crippen molar-refractivity contribution in [2.24, 2.45) is 17.8 Å². The lowest BCUT2D eigenvalue weighted by Crippen LogP contribution is -2.10. The summed E-state index contributed by atoms with van der Waals surface area (Å²) >= 11 is 0. The highest BCUT2D eigenvalue weighted by molar-refractivity contribution is 5.93. The molecule has 13 heavy (non-hydrogen) atoms. The van der Waals surface area contributed by atoms with Crippen molar-refractivity contribution < 1.29 is 23.9 Å². The minimum absolute atomic E-state index is 0.535. The second-order valence-corrected chi connectivity index (χ2v) is 2.81. The van der Waals surface area contributed by atoms with E-state index in [9.17, 15) is 14.4 Å². The van der Waals surface area contributed by atoms with Crippen molar-refractivity contribution in [2.75, 3.05) is 14.2 Å². The summed E-state index contributed by atoms with van der Waals surface area (Å²) in [7, 11) is 2.44. The molecule has 5 heteroatoms. The van der Waals surface area contributed by atoms with E-state index in [0.29, 0.717) is 6.29 Å². The summed E-state index contributed by atoms with van der Waals surface area (Å²) < 4.78 is 8.85. The van der Waals surface area contributed by atoms with Crippen LogP contribution in [0.1, 0.15) is 0 Å². The zero-order chi connectivity index (χ0) is 10.0. The number of esters is 2. The lowest BCUT2D eigenvalue weighted by atomic mass is 10.3. The Balaban J connectivity index is 2.64. The molecule has 1 aliphatic rings. The molecule has 72 valence electrons. The maximum atomic E-state index is 11.0.